The number of aliphatic hydroxyl groups excluding tert-OH is 2. The average Bonchev–Trinajstić information content (AvgIpc) is 4.04. The van der Waals surface area contributed by atoms with Crippen molar-refractivity contribution in [2.24, 2.45) is 0 Å². The summed E-state index contributed by atoms with van der Waals surface area (Å²) in [5, 5.41) is 48.2. The number of hydrogen-bond donors (Lipinski definition) is 8. The third-order valence-electron chi connectivity index (χ3n) is 9.83. The summed E-state index contributed by atoms with van der Waals surface area (Å²) in [5.41, 5.74) is 4.01. The molecule has 1 saturated carbocycles. The quantitative estimate of drug-likeness (QED) is 0.0741. The minimum absolute atomic E-state index is 0.129. The van der Waals surface area contributed by atoms with Crippen molar-refractivity contribution in [1.82, 2.24) is 69.6 Å². The molecule has 21 heteroatoms. The number of aromatic nitrogens is 14. The third kappa shape index (κ3) is 7.63. The molecule has 2 aliphatic rings. The van der Waals surface area contributed by atoms with Crippen LogP contribution in [0.1, 0.15) is 67.8 Å². The molecule has 8 rings (SSSR count). The molecule has 0 unspecified atom stereocenters. The highest BCUT2D eigenvalue weighted by atomic mass is 16.6. The minimum atomic E-state index is -1.31. The molecule has 8 N–H and O–H groups in total. The van der Waals surface area contributed by atoms with Gasteiger partial charge in [0.25, 0.3) is 0 Å². The van der Waals surface area contributed by atoms with Gasteiger partial charge in [-0.2, -0.15) is 19.7 Å². The van der Waals surface area contributed by atoms with E-state index < -0.39 is 24.5 Å². The van der Waals surface area contributed by atoms with Gasteiger partial charge < -0.3 is 46.2 Å². The van der Waals surface area contributed by atoms with Crippen molar-refractivity contribution in [3.8, 4) is 0 Å². The zero-order chi connectivity index (χ0) is 37.0. The van der Waals surface area contributed by atoms with Gasteiger partial charge in [-0.05, 0) is 50.8 Å². The predicted molar refractivity (Wildman–Crippen MR) is 195 cm³/mol. The number of hydrogen-bond acceptors (Lipinski definition) is 17. The van der Waals surface area contributed by atoms with Crippen molar-refractivity contribution < 1.29 is 14.9 Å². The highest BCUT2D eigenvalue weighted by molar-refractivity contribution is 5.84. The Kier molecular flexibility index (Phi) is 10.2. The fourth-order valence-corrected chi connectivity index (χ4v) is 6.86. The molecule has 1 saturated heterocycles. The normalized spacial score (nSPS) is 22.8. The standard InChI is InChI=1S/C33H44N18O3/c1-3-51-48-29(47-49-51)27-25(52)26(53)31(54-27)50-17-41-24-28(45-33(46-30(24)50)37-11-8-21-14-34-15-39-21)43-20-6-4-19(5-7-20)42-23-10-13-36-32(44-23)35-12-9-22-18(2)38-16-40-22/h10,13-17,19-20,25-27,31,52-53H,3-9,11-12H2,1-2H3,(H,34,39)(H,38,40)(H2,35,36,42,44)(H2,37,43,45,46)/t19?,20?,25-,26+,27-,31+/m0/s1. The lowest BCUT2D eigenvalue weighted by Gasteiger charge is -2.30. The maximum absolute atomic E-state index is 11.1. The number of aliphatic hydroxyl groups is 2. The number of rotatable bonds is 15. The van der Waals surface area contributed by atoms with Gasteiger partial charge in [-0.15, -0.1) is 10.2 Å². The van der Waals surface area contributed by atoms with Gasteiger partial charge in [0, 0.05) is 61.8 Å². The number of nitrogens with one attached hydrogen (secondary N) is 6. The van der Waals surface area contributed by atoms with Crippen LogP contribution in [0.3, 0.4) is 0 Å². The van der Waals surface area contributed by atoms with Crippen LogP contribution in [-0.2, 0) is 24.1 Å². The largest absolute Gasteiger partial charge is 0.387 e. The van der Waals surface area contributed by atoms with Crippen LogP contribution in [0.2, 0.25) is 0 Å². The maximum Gasteiger partial charge on any atom is 0.226 e. The second-order valence-electron chi connectivity index (χ2n) is 13.5. The number of aryl methyl sites for hydroxylation is 2. The van der Waals surface area contributed by atoms with Crippen LogP contribution in [0.4, 0.5) is 23.5 Å². The van der Waals surface area contributed by atoms with Gasteiger partial charge in [0.05, 0.1) is 31.2 Å². The van der Waals surface area contributed by atoms with Gasteiger partial charge in [-0.1, -0.05) is 0 Å². The molecule has 21 nitrogen and oxygen atoms in total. The fourth-order valence-electron chi connectivity index (χ4n) is 6.86. The molecule has 4 atom stereocenters. The van der Waals surface area contributed by atoms with Crippen LogP contribution < -0.4 is 21.3 Å². The minimum Gasteiger partial charge on any atom is -0.387 e. The number of tetrazole rings is 1. The summed E-state index contributed by atoms with van der Waals surface area (Å²) in [6.07, 6.45) is 8.89. The smallest absolute Gasteiger partial charge is 0.226 e. The van der Waals surface area contributed by atoms with E-state index in [-0.39, 0.29) is 17.9 Å². The number of aromatic amines is 2. The summed E-state index contributed by atoms with van der Waals surface area (Å²) in [7, 11) is 0. The van der Waals surface area contributed by atoms with E-state index in [1.165, 1.54) is 4.80 Å². The Bertz CT molecular complexity index is 2120. The summed E-state index contributed by atoms with van der Waals surface area (Å²) in [6, 6.07) is 2.26. The molecule has 284 valence electrons. The summed E-state index contributed by atoms with van der Waals surface area (Å²) in [6.45, 7) is 5.62. The predicted octanol–water partition coefficient (Wildman–Crippen LogP) is 1.51. The van der Waals surface area contributed by atoms with Crippen LogP contribution in [0.5, 0.6) is 0 Å². The summed E-state index contributed by atoms with van der Waals surface area (Å²) in [5.74, 6) is 2.49. The van der Waals surface area contributed by atoms with Crippen molar-refractivity contribution in [3.05, 3.63) is 60.3 Å². The van der Waals surface area contributed by atoms with E-state index in [9.17, 15) is 10.2 Å². The molecule has 1 aliphatic heterocycles. The van der Waals surface area contributed by atoms with Gasteiger partial charge in [-0.25, -0.2) is 19.9 Å². The Hall–Kier alpha value is -5.80. The molecule has 2 fully saturated rings. The number of anilines is 4. The maximum atomic E-state index is 11.1. The van der Waals surface area contributed by atoms with Crippen molar-refractivity contribution in [1.29, 1.82) is 0 Å². The van der Waals surface area contributed by atoms with Crippen molar-refractivity contribution in [3.63, 3.8) is 0 Å². The van der Waals surface area contributed by atoms with E-state index in [1.54, 1.807) is 35.9 Å². The van der Waals surface area contributed by atoms with Gasteiger partial charge in [0.1, 0.15) is 18.0 Å². The van der Waals surface area contributed by atoms with E-state index >= 15 is 0 Å². The molecule has 6 aromatic heterocycles. The molecule has 0 radical (unpaired) electrons. The van der Waals surface area contributed by atoms with Gasteiger partial charge in [-0.3, -0.25) is 4.57 Å². The molecular weight excluding hydrogens is 696 g/mol. The second kappa shape index (κ2) is 15.7. The van der Waals surface area contributed by atoms with E-state index in [1.807, 2.05) is 19.9 Å². The molecule has 1 aliphatic carbocycles. The average molecular weight is 741 g/mol. The second-order valence-corrected chi connectivity index (χ2v) is 13.5. The Morgan fingerprint density at radius 2 is 1.72 bits per heavy atom. The lowest BCUT2D eigenvalue weighted by atomic mass is 9.91. The molecule has 54 heavy (non-hydrogen) atoms. The van der Waals surface area contributed by atoms with Crippen LogP contribution in [0.25, 0.3) is 11.2 Å². The highest BCUT2D eigenvalue weighted by Gasteiger charge is 2.47. The number of imidazole rings is 3. The number of nitrogens with zero attached hydrogens (tertiary/aromatic N) is 12. The number of H-pyrrole nitrogens is 2. The number of fused-ring (bicyclic) bond motifs is 1. The third-order valence-corrected chi connectivity index (χ3v) is 9.83. The number of ether oxygens (including phenoxy) is 1. The van der Waals surface area contributed by atoms with Crippen molar-refractivity contribution in [2.45, 2.75) is 95.5 Å². The van der Waals surface area contributed by atoms with Crippen molar-refractivity contribution in [2.75, 3.05) is 34.4 Å². The summed E-state index contributed by atoms with van der Waals surface area (Å²) >= 11 is 0. The highest BCUT2D eigenvalue weighted by Crippen LogP contribution is 2.39. The van der Waals surface area contributed by atoms with Gasteiger partial charge in [0.15, 0.2) is 29.3 Å². The molecule has 6 aromatic rings. The Balaban J connectivity index is 0.942. The van der Waals surface area contributed by atoms with Crippen molar-refractivity contribution >= 4 is 34.7 Å². The van der Waals surface area contributed by atoms with E-state index in [4.69, 9.17) is 14.7 Å². The van der Waals surface area contributed by atoms with Crippen LogP contribution in [-0.4, -0.2) is 117 Å². The Morgan fingerprint density at radius 3 is 2.48 bits per heavy atom. The first-order valence-electron chi connectivity index (χ1n) is 18.3. The Labute approximate surface area is 309 Å². The van der Waals surface area contributed by atoms with Gasteiger partial charge in [0.2, 0.25) is 17.7 Å². The summed E-state index contributed by atoms with van der Waals surface area (Å²) < 4.78 is 7.77. The molecule has 0 aromatic carbocycles. The molecule has 0 amide bonds. The van der Waals surface area contributed by atoms with Crippen LogP contribution >= 0.6 is 0 Å². The van der Waals surface area contributed by atoms with Gasteiger partial charge >= 0.3 is 0 Å². The van der Waals surface area contributed by atoms with E-state index in [2.05, 4.69) is 71.6 Å². The zero-order valence-corrected chi connectivity index (χ0v) is 30.0. The summed E-state index contributed by atoms with van der Waals surface area (Å²) in [4.78, 5) is 39.4. The topological polar surface area (TPSA) is 268 Å². The molecular formula is C33H44N18O3. The lowest BCUT2D eigenvalue weighted by molar-refractivity contribution is -0.0384. The lowest BCUT2D eigenvalue weighted by Crippen LogP contribution is -2.33. The first-order chi connectivity index (χ1) is 26.4. The first kappa shape index (κ1) is 35.2. The van der Waals surface area contributed by atoms with E-state index in [0.717, 1.165) is 55.0 Å². The fraction of sp³-hybridized carbons (Fsp3) is 0.515. The first-order valence-corrected chi connectivity index (χ1v) is 18.3. The van der Waals surface area contributed by atoms with E-state index in [0.29, 0.717) is 54.9 Å². The zero-order valence-electron chi connectivity index (χ0n) is 30.0. The Morgan fingerprint density at radius 1 is 0.907 bits per heavy atom. The van der Waals surface area contributed by atoms with Crippen LogP contribution in [0, 0.1) is 6.92 Å². The molecule has 7 heterocycles. The molecule has 0 spiro atoms. The van der Waals surface area contributed by atoms with Crippen LogP contribution in [0.15, 0.2) is 37.4 Å². The molecule has 0 bridgehead atoms. The monoisotopic (exact) mass is 740 g/mol. The SMILES string of the molecule is CCn1nnc([C@H]2O[C@@H](n3cnc4c(NC5CCC(Nc6ccnc(NCCc7nc[nH]c7C)n6)CC5)nc(NCCc5cnc[nH]5)nc43)[C@H](O)[C@@H]2O)n1.